The zero-order valence-corrected chi connectivity index (χ0v) is 9.10. The van der Waals surface area contributed by atoms with Crippen molar-refractivity contribution < 1.29 is 9.90 Å². The molecule has 2 rings (SSSR count). The highest BCUT2D eigenvalue weighted by Crippen LogP contribution is 2.13. The predicted octanol–water partition coefficient (Wildman–Crippen LogP) is -0.841. The Bertz CT molecular complexity index is 539. The molecule has 0 aliphatic carbocycles. The summed E-state index contributed by atoms with van der Waals surface area (Å²) in [6.07, 6.45) is 2.83. The molecule has 1 saturated heterocycles. The predicted molar refractivity (Wildman–Crippen MR) is 59.4 cm³/mol. The average Bonchev–Trinajstić information content (AvgIpc) is 2.29. The number of nitrogens with one attached hydrogen (secondary N) is 2. The highest BCUT2D eigenvalue weighted by atomic mass is 16.4. The topological polar surface area (TPSA) is 104 Å². The first-order chi connectivity index (χ1) is 8.09. The van der Waals surface area contributed by atoms with E-state index in [-0.39, 0.29) is 6.04 Å². The Morgan fingerprint density at radius 1 is 1.47 bits per heavy atom. The second-order valence-corrected chi connectivity index (χ2v) is 4.01. The highest BCUT2D eigenvalue weighted by Gasteiger charge is 2.19. The van der Waals surface area contributed by atoms with Crippen LogP contribution in [-0.2, 0) is 0 Å². The van der Waals surface area contributed by atoms with Gasteiger partial charge in [-0.1, -0.05) is 0 Å². The Morgan fingerprint density at radius 2 is 2.24 bits per heavy atom. The molecule has 1 aliphatic rings. The van der Waals surface area contributed by atoms with Gasteiger partial charge < -0.3 is 10.4 Å². The Hall–Kier alpha value is -1.89. The van der Waals surface area contributed by atoms with Gasteiger partial charge in [-0.05, 0) is 19.4 Å². The molecular weight excluding hydrogens is 226 g/mol. The third-order valence-electron chi connectivity index (χ3n) is 2.86. The van der Waals surface area contributed by atoms with Crippen LogP contribution in [0.25, 0.3) is 0 Å². The number of carboxylic acids is 1. The molecule has 1 aromatic rings. The molecule has 0 saturated carbocycles. The lowest BCUT2D eigenvalue weighted by Crippen LogP contribution is -2.40. The summed E-state index contributed by atoms with van der Waals surface area (Å²) in [6.45, 7) is 1.49. The molecule has 1 unspecified atom stereocenters. The molecule has 0 amide bonds. The highest BCUT2D eigenvalue weighted by molar-refractivity contribution is 5.86. The summed E-state index contributed by atoms with van der Waals surface area (Å²) in [5, 5.41) is 12.0. The number of aromatic amines is 1. The standard InChI is InChI=1S/C10H13N3O4/c14-8-7(9(15)16)5-13(10(17)12-8)6-2-1-3-11-4-6/h5-6,11H,1-4H2,(H,15,16)(H,12,14,17). The van der Waals surface area contributed by atoms with Crippen molar-refractivity contribution in [3.05, 3.63) is 32.6 Å². The maximum absolute atomic E-state index is 11.6. The van der Waals surface area contributed by atoms with Gasteiger partial charge in [-0.3, -0.25) is 14.3 Å². The fourth-order valence-corrected chi connectivity index (χ4v) is 1.98. The summed E-state index contributed by atoms with van der Waals surface area (Å²) in [4.78, 5) is 35.7. The lowest BCUT2D eigenvalue weighted by atomic mass is 10.1. The van der Waals surface area contributed by atoms with E-state index >= 15 is 0 Å². The molecule has 1 aromatic heterocycles. The van der Waals surface area contributed by atoms with Gasteiger partial charge in [0, 0.05) is 12.7 Å². The zero-order chi connectivity index (χ0) is 12.4. The molecular formula is C10H13N3O4. The van der Waals surface area contributed by atoms with Gasteiger partial charge in [0.15, 0.2) is 0 Å². The molecule has 1 aliphatic heterocycles. The van der Waals surface area contributed by atoms with Crippen LogP contribution in [0.4, 0.5) is 0 Å². The molecule has 0 radical (unpaired) electrons. The average molecular weight is 239 g/mol. The molecule has 0 bridgehead atoms. The Labute approximate surface area is 96.1 Å². The van der Waals surface area contributed by atoms with Gasteiger partial charge in [-0.15, -0.1) is 0 Å². The zero-order valence-electron chi connectivity index (χ0n) is 9.10. The van der Waals surface area contributed by atoms with Gasteiger partial charge in [0.25, 0.3) is 5.56 Å². The van der Waals surface area contributed by atoms with E-state index in [1.807, 2.05) is 4.98 Å². The second-order valence-electron chi connectivity index (χ2n) is 4.01. The molecule has 1 fully saturated rings. The van der Waals surface area contributed by atoms with Crippen LogP contribution in [0.15, 0.2) is 15.8 Å². The van der Waals surface area contributed by atoms with Crippen LogP contribution in [0.3, 0.4) is 0 Å². The second kappa shape index (κ2) is 4.54. The molecule has 92 valence electrons. The number of piperidine rings is 1. The minimum absolute atomic E-state index is 0.105. The molecule has 17 heavy (non-hydrogen) atoms. The smallest absolute Gasteiger partial charge is 0.342 e. The number of carboxylic acid groups (broad SMARTS) is 1. The van der Waals surface area contributed by atoms with Crippen molar-refractivity contribution in [2.24, 2.45) is 0 Å². The molecule has 0 aromatic carbocycles. The molecule has 2 heterocycles. The van der Waals surface area contributed by atoms with Crippen molar-refractivity contribution in [2.45, 2.75) is 18.9 Å². The van der Waals surface area contributed by atoms with Crippen LogP contribution >= 0.6 is 0 Å². The fraction of sp³-hybridized carbons (Fsp3) is 0.500. The lowest BCUT2D eigenvalue weighted by molar-refractivity contribution is 0.0693. The minimum Gasteiger partial charge on any atom is -0.477 e. The van der Waals surface area contributed by atoms with E-state index in [0.29, 0.717) is 6.54 Å². The van der Waals surface area contributed by atoms with Crippen LogP contribution in [0.2, 0.25) is 0 Å². The van der Waals surface area contributed by atoms with Gasteiger partial charge in [-0.2, -0.15) is 0 Å². The summed E-state index contributed by atoms with van der Waals surface area (Å²) in [6, 6.07) is -0.105. The number of hydrogen-bond acceptors (Lipinski definition) is 4. The third kappa shape index (κ3) is 2.28. The van der Waals surface area contributed by atoms with Gasteiger partial charge >= 0.3 is 11.7 Å². The van der Waals surface area contributed by atoms with Crippen molar-refractivity contribution in [1.82, 2.24) is 14.9 Å². The van der Waals surface area contributed by atoms with Crippen LogP contribution in [0.5, 0.6) is 0 Å². The molecule has 3 N–H and O–H groups in total. The van der Waals surface area contributed by atoms with Crippen LogP contribution in [-0.4, -0.2) is 33.7 Å². The Morgan fingerprint density at radius 3 is 2.82 bits per heavy atom. The fourth-order valence-electron chi connectivity index (χ4n) is 1.98. The van der Waals surface area contributed by atoms with E-state index in [2.05, 4.69) is 5.32 Å². The van der Waals surface area contributed by atoms with Crippen molar-refractivity contribution in [3.8, 4) is 0 Å². The monoisotopic (exact) mass is 239 g/mol. The van der Waals surface area contributed by atoms with Gasteiger partial charge in [-0.25, -0.2) is 9.59 Å². The van der Waals surface area contributed by atoms with E-state index in [4.69, 9.17) is 5.11 Å². The number of nitrogens with zero attached hydrogens (tertiary/aromatic N) is 1. The van der Waals surface area contributed by atoms with Crippen LogP contribution in [0, 0.1) is 0 Å². The number of H-pyrrole nitrogens is 1. The molecule has 7 nitrogen and oxygen atoms in total. The molecule has 7 heteroatoms. The van der Waals surface area contributed by atoms with Crippen molar-refractivity contribution >= 4 is 5.97 Å². The summed E-state index contributed by atoms with van der Waals surface area (Å²) in [7, 11) is 0. The first-order valence-corrected chi connectivity index (χ1v) is 5.39. The van der Waals surface area contributed by atoms with Crippen molar-refractivity contribution in [2.75, 3.05) is 13.1 Å². The normalized spacial score (nSPS) is 20.1. The summed E-state index contributed by atoms with van der Waals surface area (Å²) >= 11 is 0. The lowest BCUT2D eigenvalue weighted by Gasteiger charge is -2.24. The first kappa shape index (κ1) is 11.6. The van der Waals surface area contributed by atoms with E-state index < -0.39 is 22.8 Å². The van der Waals surface area contributed by atoms with Crippen molar-refractivity contribution in [1.29, 1.82) is 0 Å². The SMILES string of the molecule is O=C(O)c1cn(C2CCCNC2)c(=O)[nH]c1=O. The van der Waals surface area contributed by atoms with Crippen molar-refractivity contribution in [3.63, 3.8) is 0 Å². The summed E-state index contributed by atoms with van der Waals surface area (Å²) in [5.41, 5.74) is -1.83. The third-order valence-corrected chi connectivity index (χ3v) is 2.86. The number of aromatic carboxylic acids is 1. The number of hydrogen-bond donors (Lipinski definition) is 3. The maximum atomic E-state index is 11.6. The minimum atomic E-state index is -1.33. The van der Waals surface area contributed by atoms with E-state index in [9.17, 15) is 14.4 Å². The van der Waals surface area contributed by atoms with Gasteiger partial charge in [0.1, 0.15) is 5.56 Å². The maximum Gasteiger partial charge on any atom is 0.342 e. The number of aromatic nitrogens is 2. The number of rotatable bonds is 2. The molecule has 0 spiro atoms. The van der Waals surface area contributed by atoms with Crippen LogP contribution in [0.1, 0.15) is 29.2 Å². The first-order valence-electron chi connectivity index (χ1n) is 5.39. The quantitative estimate of drug-likeness (QED) is 0.624. The largest absolute Gasteiger partial charge is 0.477 e. The van der Waals surface area contributed by atoms with E-state index in [1.165, 1.54) is 4.57 Å². The van der Waals surface area contributed by atoms with Gasteiger partial charge in [0.05, 0.1) is 6.04 Å². The Balaban J connectivity index is 2.46. The summed E-state index contributed by atoms with van der Waals surface area (Å²) < 4.78 is 1.29. The van der Waals surface area contributed by atoms with E-state index in [1.54, 1.807) is 0 Å². The molecule has 1 atom stereocenters. The number of carbonyl (C=O) groups is 1. The Kier molecular flexibility index (Phi) is 3.10. The van der Waals surface area contributed by atoms with Gasteiger partial charge in [0.2, 0.25) is 0 Å². The van der Waals surface area contributed by atoms with E-state index in [0.717, 1.165) is 25.6 Å². The summed E-state index contributed by atoms with van der Waals surface area (Å²) in [5.74, 6) is -1.33. The van der Waals surface area contributed by atoms with Crippen LogP contribution < -0.4 is 16.6 Å².